The third-order valence-corrected chi connectivity index (χ3v) is 2.84. The summed E-state index contributed by atoms with van der Waals surface area (Å²) in [4.78, 5) is 22.3. The zero-order valence-corrected chi connectivity index (χ0v) is 12.4. The normalized spacial score (nSPS) is 11.6. The second kappa shape index (κ2) is 7.35. The Morgan fingerprint density at radius 2 is 1.86 bits per heavy atom. The van der Waals surface area contributed by atoms with E-state index in [1.165, 1.54) is 19.1 Å². The van der Waals surface area contributed by atoms with Crippen molar-refractivity contribution in [2.75, 3.05) is 6.54 Å². The fourth-order valence-electron chi connectivity index (χ4n) is 1.99. The van der Waals surface area contributed by atoms with E-state index < -0.39 is 17.7 Å². The number of halogens is 1. The molecular formula is C15H18FN3O3. The molecule has 0 spiro atoms. The van der Waals surface area contributed by atoms with E-state index in [9.17, 15) is 14.0 Å². The number of nitrogens with two attached hydrogens (primary N) is 1. The maximum atomic E-state index is 13.7. The third kappa shape index (κ3) is 4.69. The third-order valence-electron chi connectivity index (χ3n) is 2.84. The lowest BCUT2D eigenvalue weighted by Crippen LogP contribution is -2.26. The molecule has 1 rings (SSSR count). The molecule has 1 aromatic rings. The van der Waals surface area contributed by atoms with Crippen LogP contribution in [0.2, 0.25) is 0 Å². The molecule has 1 amide bonds. The fraction of sp³-hybridized carbons (Fsp3) is 0.267. The van der Waals surface area contributed by atoms with Crippen LogP contribution >= 0.6 is 0 Å². The van der Waals surface area contributed by atoms with E-state index in [0.29, 0.717) is 16.8 Å². The number of carbonyl (C=O) groups excluding carboxylic acids is 1. The van der Waals surface area contributed by atoms with E-state index in [-0.39, 0.29) is 24.2 Å². The zero-order chi connectivity index (χ0) is 16.9. The molecule has 0 saturated carbocycles. The predicted octanol–water partition coefficient (Wildman–Crippen LogP) is 1.76. The smallest absolute Gasteiger partial charge is 0.305 e. The molecule has 0 aliphatic heterocycles. The molecule has 0 aliphatic rings. The Balaban J connectivity index is 3.09. The molecule has 0 saturated heterocycles. The standard InChI is InChI=1S/C15H18FN3O3/c1-8(17)14(9(2)18)10-5-11(7-12(16)6-10)15(22)19-4-3-13(20)21/h5-7,17H,3-4,18H2,1-2H3,(H,19,22)(H,20,21)/b14-9+,17-8?. The first-order valence-corrected chi connectivity index (χ1v) is 6.55. The lowest BCUT2D eigenvalue weighted by atomic mass is 9.98. The first kappa shape index (κ1) is 17.4. The van der Waals surface area contributed by atoms with Crippen molar-refractivity contribution in [3.8, 4) is 0 Å². The Morgan fingerprint density at radius 1 is 1.27 bits per heavy atom. The maximum absolute atomic E-state index is 13.7. The highest BCUT2D eigenvalue weighted by molar-refractivity contribution is 6.22. The molecule has 0 radical (unpaired) electrons. The van der Waals surface area contributed by atoms with E-state index in [0.717, 1.165) is 6.07 Å². The summed E-state index contributed by atoms with van der Waals surface area (Å²) in [5.41, 5.74) is 6.94. The van der Waals surface area contributed by atoms with Gasteiger partial charge in [0.1, 0.15) is 5.82 Å². The minimum atomic E-state index is -1.04. The molecule has 0 aromatic heterocycles. The monoisotopic (exact) mass is 307 g/mol. The van der Waals surface area contributed by atoms with Gasteiger partial charge in [0.2, 0.25) is 0 Å². The topological polar surface area (TPSA) is 116 Å². The quantitative estimate of drug-likeness (QED) is 0.599. The average Bonchev–Trinajstić information content (AvgIpc) is 2.36. The van der Waals surface area contributed by atoms with Crippen LogP contribution in [0.4, 0.5) is 4.39 Å². The molecule has 0 heterocycles. The Labute approximate surface area is 127 Å². The number of hydrogen-bond donors (Lipinski definition) is 4. The number of nitrogens with one attached hydrogen (secondary N) is 2. The molecule has 0 atom stereocenters. The molecule has 0 bridgehead atoms. The van der Waals surface area contributed by atoms with Gasteiger partial charge in [-0.15, -0.1) is 0 Å². The largest absolute Gasteiger partial charge is 0.481 e. The van der Waals surface area contributed by atoms with Crippen molar-refractivity contribution in [3.05, 3.63) is 40.8 Å². The summed E-state index contributed by atoms with van der Waals surface area (Å²) in [6.45, 7) is 3.05. The number of aliphatic carboxylic acids is 1. The minimum absolute atomic E-state index is 0.0420. The van der Waals surface area contributed by atoms with Crippen molar-refractivity contribution in [1.29, 1.82) is 5.41 Å². The van der Waals surface area contributed by atoms with Crippen molar-refractivity contribution >= 4 is 23.2 Å². The predicted molar refractivity (Wildman–Crippen MR) is 81.2 cm³/mol. The van der Waals surface area contributed by atoms with E-state index in [4.69, 9.17) is 16.2 Å². The van der Waals surface area contributed by atoms with Crippen LogP contribution in [-0.2, 0) is 4.79 Å². The van der Waals surface area contributed by atoms with Crippen LogP contribution in [0.15, 0.2) is 23.9 Å². The first-order valence-electron chi connectivity index (χ1n) is 6.55. The molecular weight excluding hydrogens is 289 g/mol. The highest BCUT2D eigenvalue weighted by Gasteiger charge is 2.14. The molecule has 0 unspecified atom stereocenters. The van der Waals surface area contributed by atoms with E-state index in [1.807, 2.05) is 0 Å². The van der Waals surface area contributed by atoms with Crippen LogP contribution < -0.4 is 11.1 Å². The Hall–Kier alpha value is -2.70. The number of carboxylic acid groups (broad SMARTS) is 1. The Morgan fingerprint density at radius 3 is 2.36 bits per heavy atom. The number of carboxylic acids is 1. The highest BCUT2D eigenvalue weighted by Crippen LogP contribution is 2.21. The minimum Gasteiger partial charge on any atom is -0.481 e. The van der Waals surface area contributed by atoms with Crippen molar-refractivity contribution in [2.24, 2.45) is 5.73 Å². The zero-order valence-electron chi connectivity index (χ0n) is 12.4. The summed E-state index contributed by atoms with van der Waals surface area (Å²) in [5.74, 6) is -2.26. The number of allylic oxidation sites excluding steroid dienone is 2. The van der Waals surface area contributed by atoms with Gasteiger partial charge in [0, 0.05) is 29.1 Å². The molecule has 0 fully saturated rings. The molecule has 5 N–H and O–H groups in total. The highest BCUT2D eigenvalue weighted by atomic mass is 19.1. The van der Waals surface area contributed by atoms with Gasteiger partial charge in [-0.1, -0.05) is 0 Å². The number of amides is 1. The number of hydrogen-bond acceptors (Lipinski definition) is 4. The van der Waals surface area contributed by atoms with E-state index >= 15 is 0 Å². The molecule has 6 nitrogen and oxygen atoms in total. The van der Waals surface area contributed by atoms with Gasteiger partial charge >= 0.3 is 5.97 Å². The number of carbonyl (C=O) groups is 2. The molecule has 7 heteroatoms. The van der Waals surface area contributed by atoms with Crippen molar-refractivity contribution in [1.82, 2.24) is 5.32 Å². The van der Waals surface area contributed by atoms with E-state index in [2.05, 4.69) is 5.32 Å². The second-order valence-corrected chi connectivity index (χ2v) is 4.81. The summed E-state index contributed by atoms with van der Waals surface area (Å²) in [5, 5.41) is 18.6. The first-order chi connectivity index (χ1) is 10.2. The van der Waals surface area contributed by atoms with Crippen LogP contribution in [0.3, 0.4) is 0 Å². The van der Waals surface area contributed by atoms with Crippen molar-refractivity contribution in [3.63, 3.8) is 0 Å². The summed E-state index contributed by atoms with van der Waals surface area (Å²) < 4.78 is 13.7. The Bertz CT molecular complexity index is 649. The molecule has 118 valence electrons. The maximum Gasteiger partial charge on any atom is 0.305 e. The summed E-state index contributed by atoms with van der Waals surface area (Å²) >= 11 is 0. The fourth-order valence-corrected chi connectivity index (χ4v) is 1.99. The lowest BCUT2D eigenvalue weighted by molar-refractivity contribution is -0.136. The SMILES string of the molecule is CC(=N)/C(=C(/C)N)c1cc(F)cc(C(=O)NCCC(=O)O)c1. The van der Waals surface area contributed by atoms with Crippen LogP contribution in [-0.4, -0.2) is 29.2 Å². The van der Waals surface area contributed by atoms with Gasteiger partial charge in [-0.25, -0.2) is 4.39 Å². The van der Waals surface area contributed by atoms with E-state index in [1.54, 1.807) is 6.92 Å². The molecule has 1 aromatic carbocycles. The Kier molecular flexibility index (Phi) is 5.80. The summed E-state index contributed by atoms with van der Waals surface area (Å²) in [6, 6.07) is 3.66. The van der Waals surface area contributed by atoms with Crippen molar-refractivity contribution in [2.45, 2.75) is 20.3 Å². The van der Waals surface area contributed by atoms with Crippen molar-refractivity contribution < 1.29 is 19.1 Å². The summed E-state index contributed by atoms with van der Waals surface area (Å²) in [7, 11) is 0. The second-order valence-electron chi connectivity index (χ2n) is 4.81. The van der Waals surface area contributed by atoms with Crippen LogP contribution in [0.1, 0.15) is 36.2 Å². The van der Waals surface area contributed by atoms with Gasteiger partial charge in [-0.05, 0) is 37.6 Å². The molecule has 22 heavy (non-hydrogen) atoms. The van der Waals surface area contributed by atoms with Gasteiger partial charge in [-0.2, -0.15) is 0 Å². The van der Waals surface area contributed by atoms with Crippen LogP contribution in [0.25, 0.3) is 5.57 Å². The molecule has 0 aliphatic carbocycles. The number of benzene rings is 1. The lowest BCUT2D eigenvalue weighted by Gasteiger charge is -2.11. The van der Waals surface area contributed by atoms with Gasteiger partial charge in [0.05, 0.1) is 6.42 Å². The van der Waals surface area contributed by atoms with Crippen LogP contribution in [0.5, 0.6) is 0 Å². The van der Waals surface area contributed by atoms with Gasteiger partial charge in [0.15, 0.2) is 0 Å². The van der Waals surface area contributed by atoms with Crippen LogP contribution in [0, 0.1) is 11.2 Å². The van der Waals surface area contributed by atoms with Gasteiger partial charge in [0.25, 0.3) is 5.91 Å². The van der Waals surface area contributed by atoms with Gasteiger partial charge in [-0.3, -0.25) is 9.59 Å². The summed E-state index contributed by atoms with van der Waals surface area (Å²) in [6.07, 6.45) is -0.222. The van der Waals surface area contributed by atoms with Gasteiger partial charge < -0.3 is 21.6 Å². The number of rotatable bonds is 6. The average molecular weight is 307 g/mol.